The molecular formula is C14H14BrCl2N3O. The Morgan fingerprint density at radius 1 is 1.19 bits per heavy atom. The average molecular weight is 391 g/mol. The Morgan fingerprint density at radius 2 is 1.86 bits per heavy atom. The van der Waals surface area contributed by atoms with Crippen molar-refractivity contribution < 1.29 is 4.74 Å². The first-order valence-electron chi connectivity index (χ1n) is 6.15. The number of aromatic nitrogens is 2. The van der Waals surface area contributed by atoms with Gasteiger partial charge in [0.05, 0.1) is 10.7 Å². The van der Waals surface area contributed by atoms with Crippen LogP contribution in [0.5, 0.6) is 11.6 Å². The highest BCUT2D eigenvalue weighted by atomic mass is 79.9. The molecule has 0 aliphatic carbocycles. The highest BCUT2D eigenvalue weighted by Crippen LogP contribution is 2.38. The summed E-state index contributed by atoms with van der Waals surface area (Å²) in [5, 5.41) is 0.924. The van der Waals surface area contributed by atoms with Gasteiger partial charge in [-0.15, -0.1) is 0 Å². The first-order chi connectivity index (χ1) is 9.68. The molecule has 21 heavy (non-hydrogen) atoms. The zero-order chi connectivity index (χ0) is 15.8. The van der Waals surface area contributed by atoms with Crippen LogP contribution >= 0.6 is 39.1 Å². The van der Waals surface area contributed by atoms with Crippen LogP contribution < -0.4 is 10.5 Å². The van der Waals surface area contributed by atoms with Crippen molar-refractivity contribution in [2.24, 2.45) is 0 Å². The number of ether oxygens (including phenoxy) is 1. The third-order valence-corrected chi connectivity index (χ3v) is 3.89. The van der Waals surface area contributed by atoms with E-state index in [2.05, 4.69) is 25.9 Å². The van der Waals surface area contributed by atoms with Gasteiger partial charge in [0.25, 0.3) is 0 Å². The largest absolute Gasteiger partial charge is 0.436 e. The number of benzene rings is 1. The summed E-state index contributed by atoms with van der Waals surface area (Å²) in [5.74, 6) is 0.902. The Morgan fingerprint density at radius 3 is 2.43 bits per heavy atom. The van der Waals surface area contributed by atoms with E-state index in [4.69, 9.17) is 33.7 Å². The molecule has 0 fully saturated rings. The average Bonchev–Trinajstić information content (AvgIpc) is 2.35. The second kappa shape index (κ2) is 5.99. The molecule has 7 heteroatoms. The molecule has 2 N–H and O–H groups in total. The first-order valence-corrected chi connectivity index (χ1v) is 7.70. The van der Waals surface area contributed by atoms with Gasteiger partial charge in [0.2, 0.25) is 11.8 Å². The molecule has 1 heterocycles. The topological polar surface area (TPSA) is 61.0 Å². The third-order valence-electron chi connectivity index (χ3n) is 2.65. The third kappa shape index (κ3) is 3.78. The maximum atomic E-state index is 6.10. The highest BCUT2D eigenvalue weighted by Gasteiger charge is 2.24. The van der Waals surface area contributed by atoms with E-state index in [0.29, 0.717) is 26.1 Å². The van der Waals surface area contributed by atoms with Crippen molar-refractivity contribution in [1.29, 1.82) is 0 Å². The van der Waals surface area contributed by atoms with Crippen molar-refractivity contribution in [3.63, 3.8) is 0 Å². The maximum Gasteiger partial charge on any atom is 0.238 e. The number of halogens is 3. The van der Waals surface area contributed by atoms with Gasteiger partial charge in [0.1, 0.15) is 10.2 Å². The zero-order valence-corrected chi connectivity index (χ0v) is 14.8. The van der Waals surface area contributed by atoms with E-state index in [1.54, 1.807) is 18.2 Å². The molecule has 2 rings (SSSR count). The van der Waals surface area contributed by atoms with Crippen molar-refractivity contribution in [3.8, 4) is 11.6 Å². The van der Waals surface area contributed by atoms with E-state index in [1.807, 2.05) is 20.8 Å². The Bertz CT molecular complexity index is 687. The number of hydrogen-bond donors (Lipinski definition) is 1. The minimum atomic E-state index is -0.211. The molecule has 1 aromatic carbocycles. The fourth-order valence-electron chi connectivity index (χ4n) is 1.67. The van der Waals surface area contributed by atoms with Gasteiger partial charge in [-0.1, -0.05) is 44.0 Å². The lowest BCUT2D eigenvalue weighted by molar-refractivity contribution is 0.452. The summed E-state index contributed by atoms with van der Waals surface area (Å²) in [5.41, 5.74) is 6.31. The standard InChI is InChI=1S/C14H14BrCl2N3O/c1-14(2,3)11-10(15)12(20-13(18)19-11)21-9-5-4-7(16)6-8(9)17/h4-6H,1-3H3,(H2,18,19,20). The number of anilines is 1. The Kier molecular flexibility index (Phi) is 4.66. The smallest absolute Gasteiger partial charge is 0.238 e. The fourth-order valence-corrected chi connectivity index (χ4v) is 2.97. The lowest BCUT2D eigenvalue weighted by atomic mass is 9.92. The molecule has 0 atom stereocenters. The van der Waals surface area contributed by atoms with Crippen molar-refractivity contribution in [3.05, 3.63) is 38.4 Å². The normalized spacial score (nSPS) is 11.5. The lowest BCUT2D eigenvalue weighted by Crippen LogP contribution is -2.17. The van der Waals surface area contributed by atoms with Crippen LogP contribution in [-0.4, -0.2) is 9.97 Å². The summed E-state index contributed by atoms with van der Waals surface area (Å²) in [7, 11) is 0. The predicted molar refractivity (Wildman–Crippen MR) is 89.4 cm³/mol. The van der Waals surface area contributed by atoms with Crippen LogP contribution in [0.1, 0.15) is 26.5 Å². The SMILES string of the molecule is CC(C)(C)c1nc(N)nc(Oc2ccc(Cl)cc2Cl)c1Br. The molecule has 0 amide bonds. The minimum absolute atomic E-state index is 0.142. The number of rotatable bonds is 2. The number of nitrogen functional groups attached to an aromatic ring is 1. The van der Waals surface area contributed by atoms with E-state index in [9.17, 15) is 0 Å². The zero-order valence-electron chi connectivity index (χ0n) is 11.7. The van der Waals surface area contributed by atoms with Gasteiger partial charge < -0.3 is 10.5 Å². The minimum Gasteiger partial charge on any atom is -0.436 e. The molecule has 0 saturated carbocycles. The van der Waals surface area contributed by atoms with Crippen LogP contribution in [-0.2, 0) is 5.41 Å². The van der Waals surface area contributed by atoms with E-state index < -0.39 is 0 Å². The molecule has 0 saturated heterocycles. The van der Waals surface area contributed by atoms with E-state index in [0.717, 1.165) is 5.69 Å². The summed E-state index contributed by atoms with van der Waals surface area (Å²) >= 11 is 15.4. The molecule has 4 nitrogen and oxygen atoms in total. The number of hydrogen-bond acceptors (Lipinski definition) is 4. The van der Waals surface area contributed by atoms with Crippen LogP contribution in [0.4, 0.5) is 5.95 Å². The molecule has 0 aliphatic heterocycles. The molecule has 0 bridgehead atoms. The van der Waals surface area contributed by atoms with Gasteiger partial charge >= 0.3 is 0 Å². The Labute approximate surface area is 141 Å². The Balaban J connectivity index is 2.47. The van der Waals surface area contributed by atoms with Crippen molar-refractivity contribution in [2.45, 2.75) is 26.2 Å². The molecule has 0 spiro atoms. The summed E-state index contributed by atoms with van der Waals surface area (Å²) in [6.07, 6.45) is 0. The molecular weight excluding hydrogens is 377 g/mol. The molecule has 0 aliphatic rings. The first kappa shape index (κ1) is 16.3. The van der Waals surface area contributed by atoms with Crippen molar-refractivity contribution in [1.82, 2.24) is 9.97 Å². The fraction of sp³-hybridized carbons (Fsp3) is 0.286. The second-order valence-electron chi connectivity index (χ2n) is 5.48. The highest BCUT2D eigenvalue weighted by molar-refractivity contribution is 9.10. The van der Waals surface area contributed by atoms with E-state index >= 15 is 0 Å². The van der Waals surface area contributed by atoms with Gasteiger partial charge in [-0.2, -0.15) is 4.98 Å². The summed E-state index contributed by atoms with van der Waals surface area (Å²) < 4.78 is 6.39. The number of nitrogens with two attached hydrogens (primary N) is 1. The van der Waals surface area contributed by atoms with Crippen molar-refractivity contribution >= 4 is 45.1 Å². The predicted octanol–water partition coefficient (Wildman–Crippen LogP) is 5.22. The quantitative estimate of drug-likeness (QED) is 0.763. The lowest BCUT2D eigenvalue weighted by Gasteiger charge is -2.21. The van der Waals surface area contributed by atoms with Crippen LogP contribution in [0, 0.1) is 0 Å². The molecule has 112 valence electrons. The Hall–Kier alpha value is -1.04. The summed E-state index contributed by atoms with van der Waals surface area (Å²) in [6.45, 7) is 6.08. The van der Waals surface area contributed by atoms with Crippen LogP contribution in [0.25, 0.3) is 0 Å². The second-order valence-corrected chi connectivity index (χ2v) is 7.11. The molecule has 2 aromatic rings. The monoisotopic (exact) mass is 389 g/mol. The molecule has 1 aromatic heterocycles. The van der Waals surface area contributed by atoms with Crippen LogP contribution in [0.2, 0.25) is 10.0 Å². The van der Waals surface area contributed by atoms with Gasteiger partial charge in [-0.3, -0.25) is 0 Å². The van der Waals surface area contributed by atoms with Crippen molar-refractivity contribution in [2.75, 3.05) is 5.73 Å². The summed E-state index contributed by atoms with van der Waals surface area (Å²) in [6, 6.07) is 4.96. The van der Waals surface area contributed by atoms with Gasteiger partial charge in [0.15, 0.2) is 0 Å². The van der Waals surface area contributed by atoms with Gasteiger partial charge in [-0.25, -0.2) is 4.98 Å². The van der Waals surface area contributed by atoms with E-state index in [-0.39, 0.29) is 11.4 Å². The maximum absolute atomic E-state index is 6.10. The number of nitrogens with zero attached hydrogens (tertiary/aromatic N) is 2. The molecule has 0 radical (unpaired) electrons. The van der Waals surface area contributed by atoms with E-state index in [1.165, 1.54) is 0 Å². The van der Waals surface area contributed by atoms with Gasteiger partial charge in [-0.05, 0) is 34.1 Å². The summed E-state index contributed by atoms with van der Waals surface area (Å²) in [4.78, 5) is 8.38. The van der Waals surface area contributed by atoms with Crippen LogP contribution in [0.15, 0.2) is 22.7 Å². The van der Waals surface area contributed by atoms with Crippen LogP contribution in [0.3, 0.4) is 0 Å². The van der Waals surface area contributed by atoms with Gasteiger partial charge in [0, 0.05) is 10.4 Å². The molecule has 0 unspecified atom stereocenters.